The first kappa shape index (κ1) is 13.1. The lowest BCUT2D eigenvalue weighted by molar-refractivity contribution is 0.216. The molecular weight excluding hydrogens is 198 g/mol. The average molecular weight is 221 g/mol. The largest absolute Gasteiger partial charge is 0.330 e. The molecule has 3 heteroatoms. The van der Waals surface area contributed by atoms with Crippen molar-refractivity contribution >= 4 is 0 Å². The second-order valence-corrected chi connectivity index (χ2v) is 4.32. The predicted molar refractivity (Wildman–Crippen MR) is 68.2 cm³/mol. The summed E-state index contributed by atoms with van der Waals surface area (Å²) in [4.78, 5) is 6.86. The van der Waals surface area contributed by atoms with Crippen molar-refractivity contribution in [2.45, 2.75) is 39.3 Å². The number of hydrogen-bond acceptors (Lipinski definition) is 3. The van der Waals surface area contributed by atoms with Crippen molar-refractivity contribution in [3.05, 3.63) is 29.6 Å². The standard InChI is InChI=1S/C13H23N3/c1-4-13(8-9-14)16(3)10-12-7-5-6-11(2)15-12/h5-7,13H,4,8-10,14H2,1-3H3. The molecule has 3 nitrogen and oxygen atoms in total. The maximum absolute atomic E-state index is 5.62. The van der Waals surface area contributed by atoms with Crippen LogP contribution < -0.4 is 5.73 Å². The summed E-state index contributed by atoms with van der Waals surface area (Å²) in [7, 11) is 2.15. The highest BCUT2D eigenvalue weighted by molar-refractivity contribution is 5.09. The number of nitrogens with zero attached hydrogens (tertiary/aromatic N) is 2. The quantitative estimate of drug-likeness (QED) is 0.798. The van der Waals surface area contributed by atoms with E-state index in [0.29, 0.717) is 6.04 Å². The molecule has 0 radical (unpaired) electrons. The molecule has 0 fully saturated rings. The molecule has 0 aliphatic heterocycles. The summed E-state index contributed by atoms with van der Waals surface area (Å²) < 4.78 is 0. The molecule has 0 amide bonds. The fourth-order valence-corrected chi connectivity index (χ4v) is 2.00. The van der Waals surface area contributed by atoms with Crippen LogP contribution in [0.2, 0.25) is 0 Å². The van der Waals surface area contributed by atoms with Crippen molar-refractivity contribution in [2.24, 2.45) is 5.73 Å². The summed E-state index contributed by atoms with van der Waals surface area (Å²) in [6, 6.07) is 6.74. The third-order valence-electron chi connectivity index (χ3n) is 2.95. The first-order valence-electron chi connectivity index (χ1n) is 6.00. The molecule has 16 heavy (non-hydrogen) atoms. The Morgan fingerprint density at radius 1 is 1.44 bits per heavy atom. The molecule has 0 saturated heterocycles. The van der Waals surface area contributed by atoms with Gasteiger partial charge < -0.3 is 5.73 Å². The van der Waals surface area contributed by atoms with Gasteiger partial charge in [-0.05, 0) is 45.5 Å². The highest BCUT2D eigenvalue weighted by Crippen LogP contribution is 2.10. The van der Waals surface area contributed by atoms with Crippen LogP contribution in [0.3, 0.4) is 0 Å². The molecule has 0 bridgehead atoms. The third-order valence-corrected chi connectivity index (χ3v) is 2.95. The normalized spacial score (nSPS) is 13.1. The molecular formula is C13H23N3. The molecule has 2 N–H and O–H groups in total. The van der Waals surface area contributed by atoms with Crippen LogP contribution in [-0.2, 0) is 6.54 Å². The second-order valence-electron chi connectivity index (χ2n) is 4.32. The zero-order valence-corrected chi connectivity index (χ0v) is 10.6. The molecule has 1 aromatic rings. The summed E-state index contributed by atoms with van der Waals surface area (Å²) in [5.74, 6) is 0. The molecule has 0 spiro atoms. The van der Waals surface area contributed by atoms with E-state index < -0.39 is 0 Å². The van der Waals surface area contributed by atoms with Crippen molar-refractivity contribution in [2.75, 3.05) is 13.6 Å². The van der Waals surface area contributed by atoms with Crippen molar-refractivity contribution < 1.29 is 0 Å². The SMILES string of the molecule is CCC(CCN)N(C)Cc1cccc(C)n1. The summed E-state index contributed by atoms with van der Waals surface area (Å²) in [6.07, 6.45) is 2.19. The van der Waals surface area contributed by atoms with E-state index in [0.717, 1.165) is 37.3 Å². The second kappa shape index (κ2) is 6.61. The summed E-state index contributed by atoms with van der Waals surface area (Å²) in [5.41, 5.74) is 7.84. The predicted octanol–water partition coefficient (Wildman–Crippen LogP) is 1.95. The van der Waals surface area contributed by atoms with Crippen LogP contribution in [0.1, 0.15) is 31.2 Å². The summed E-state index contributed by atoms with van der Waals surface area (Å²) >= 11 is 0. The molecule has 0 saturated carbocycles. The van der Waals surface area contributed by atoms with Crippen LogP contribution >= 0.6 is 0 Å². The van der Waals surface area contributed by atoms with Gasteiger partial charge in [-0.2, -0.15) is 0 Å². The zero-order chi connectivity index (χ0) is 12.0. The van der Waals surface area contributed by atoms with Gasteiger partial charge in [0.05, 0.1) is 5.69 Å². The molecule has 1 atom stereocenters. The lowest BCUT2D eigenvalue weighted by Crippen LogP contribution is -2.32. The van der Waals surface area contributed by atoms with Crippen molar-refractivity contribution in [3.8, 4) is 0 Å². The van der Waals surface area contributed by atoms with Gasteiger partial charge in [-0.1, -0.05) is 13.0 Å². The van der Waals surface area contributed by atoms with Gasteiger partial charge in [0.25, 0.3) is 0 Å². The number of hydrogen-bond donors (Lipinski definition) is 1. The Morgan fingerprint density at radius 2 is 2.19 bits per heavy atom. The zero-order valence-electron chi connectivity index (χ0n) is 10.6. The van der Waals surface area contributed by atoms with Crippen LogP contribution in [0.25, 0.3) is 0 Å². The highest BCUT2D eigenvalue weighted by atomic mass is 15.1. The Balaban J connectivity index is 2.58. The number of nitrogens with two attached hydrogens (primary N) is 1. The first-order chi connectivity index (χ1) is 7.67. The maximum atomic E-state index is 5.62. The smallest absolute Gasteiger partial charge is 0.0547 e. The Labute approximate surface area is 98.7 Å². The van der Waals surface area contributed by atoms with Crippen molar-refractivity contribution in [1.29, 1.82) is 0 Å². The molecule has 1 rings (SSSR count). The van der Waals surface area contributed by atoms with Gasteiger partial charge in [-0.25, -0.2) is 0 Å². The first-order valence-corrected chi connectivity index (χ1v) is 6.00. The van der Waals surface area contributed by atoms with Gasteiger partial charge in [0.2, 0.25) is 0 Å². The van der Waals surface area contributed by atoms with E-state index in [1.807, 2.05) is 13.0 Å². The van der Waals surface area contributed by atoms with Gasteiger partial charge in [-0.3, -0.25) is 9.88 Å². The van der Waals surface area contributed by atoms with E-state index in [2.05, 4.69) is 36.0 Å². The molecule has 0 aliphatic carbocycles. The van der Waals surface area contributed by atoms with E-state index in [1.54, 1.807) is 0 Å². The molecule has 1 unspecified atom stereocenters. The third kappa shape index (κ3) is 3.91. The van der Waals surface area contributed by atoms with Gasteiger partial charge >= 0.3 is 0 Å². The summed E-state index contributed by atoms with van der Waals surface area (Å²) in [6.45, 7) is 5.89. The molecule has 90 valence electrons. The highest BCUT2D eigenvalue weighted by Gasteiger charge is 2.12. The van der Waals surface area contributed by atoms with Crippen molar-refractivity contribution in [1.82, 2.24) is 9.88 Å². The number of aromatic nitrogens is 1. The number of aryl methyl sites for hydroxylation is 1. The van der Waals surface area contributed by atoms with Gasteiger partial charge in [0.1, 0.15) is 0 Å². The molecule has 1 heterocycles. The van der Waals surface area contributed by atoms with Gasteiger partial charge in [0.15, 0.2) is 0 Å². The Hall–Kier alpha value is -0.930. The Morgan fingerprint density at radius 3 is 2.75 bits per heavy atom. The number of pyridine rings is 1. The fourth-order valence-electron chi connectivity index (χ4n) is 2.00. The molecule has 0 aromatic carbocycles. The van der Waals surface area contributed by atoms with E-state index >= 15 is 0 Å². The van der Waals surface area contributed by atoms with Gasteiger partial charge in [-0.15, -0.1) is 0 Å². The fraction of sp³-hybridized carbons (Fsp3) is 0.615. The lowest BCUT2D eigenvalue weighted by atomic mass is 10.1. The van der Waals surface area contributed by atoms with Crippen LogP contribution in [0.15, 0.2) is 18.2 Å². The maximum Gasteiger partial charge on any atom is 0.0547 e. The van der Waals surface area contributed by atoms with Crippen LogP contribution in [0.4, 0.5) is 0 Å². The Kier molecular flexibility index (Phi) is 5.43. The lowest BCUT2D eigenvalue weighted by Gasteiger charge is -2.26. The number of rotatable bonds is 6. The van der Waals surface area contributed by atoms with E-state index in [4.69, 9.17) is 5.73 Å². The van der Waals surface area contributed by atoms with E-state index in [9.17, 15) is 0 Å². The minimum Gasteiger partial charge on any atom is -0.330 e. The van der Waals surface area contributed by atoms with Crippen LogP contribution in [-0.4, -0.2) is 29.5 Å². The van der Waals surface area contributed by atoms with Crippen LogP contribution in [0, 0.1) is 6.92 Å². The van der Waals surface area contributed by atoms with Gasteiger partial charge in [0, 0.05) is 18.3 Å². The van der Waals surface area contributed by atoms with E-state index in [-0.39, 0.29) is 0 Å². The van der Waals surface area contributed by atoms with Crippen LogP contribution in [0.5, 0.6) is 0 Å². The minimum absolute atomic E-state index is 0.562. The monoisotopic (exact) mass is 221 g/mol. The average Bonchev–Trinajstić information content (AvgIpc) is 2.25. The molecule has 0 aliphatic rings. The van der Waals surface area contributed by atoms with Crippen molar-refractivity contribution in [3.63, 3.8) is 0 Å². The topological polar surface area (TPSA) is 42.1 Å². The summed E-state index contributed by atoms with van der Waals surface area (Å²) in [5, 5.41) is 0. The van der Waals surface area contributed by atoms with E-state index in [1.165, 1.54) is 0 Å². The minimum atomic E-state index is 0.562. The Bertz CT molecular complexity index is 312. The molecule has 1 aromatic heterocycles.